The van der Waals surface area contributed by atoms with Crippen molar-refractivity contribution < 1.29 is 9.59 Å². The first-order valence-corrected chi connectivity index (χ1v) is 6.83. The van der Waals surface area contributed by atoms with E-state index in [4.69, 9.17) is 5.73 Å². The first-order chi connectivity index (χ1) is 9.47. The highest BCUT2D eigenvalue weighted by Gasteiger charge is 2.19. The summed E-state index contributed by atoms with van der Waals surface area (Å²) in [6.07, 6.45) is 1.19. The second-order valence-corrected chi connectivity index (χ2v) is 4.95. The number of anilines is 1. The number of hydrogen-bond donors (Lipinski definition) is 3. The average molecular weight is 277 g/mol. The zero-order valence-corrected chi connectivity index (χ0v) is 12.3. The van der Waals surface area contributed by atoms with E-state index in [0.29, 0.717) is 12.1 Å². The molecule has 2 amide bonds. The molecule has 0 unspecified atom stereocenters. The lowest BCUT2D eigenvalue weighted by molar-refractivity contribution is -0.120. The summed E-state index contributed by atoms with van der Waals surface area (Å²) in [4.78, 5) is 23.2. The van der Waals surface area contributed by atoms with Crippen LogP contribution in [0.2, 0.25) is 0 Å². The molecule has 0 fully saturated rings. The van der Waals surface area contributed by atoms with Crippen LogP contribution in [0.25, 0.3) is 0 Å². The normalized spacial score (nSPS) is 13.4. The Balaban J connectivity index is 2.61. The predicted octanol–water partition coefficient (Wildman–Crippen LogP) is 1.29. The summed E-state index contributed by atoms with van der Waals surface area (Å²) < 4.78 is 0. The fourth-order valence-corrected chi connectivity index (χ4v) is 1.72. The minimum Gasteiger partial charge on any atom is -0.359 e. The Hall–Kier alpha value is -1.88. The molecule has 1 aromatic rings. The van der Waals surface area contributed by atoms with Gasteiger partial charge in [-0.2, -0.15) is 0 Å². The molecule has 0 aliphatic heterocycles. The molecule has 4 N–H and O–H groups in total. The molecular formula is C15H23N3O2. The number of rotatable bonds is 6. The number of nitrogens with one attached hydrogen (secondary N) is 2. The van der Waals surface area contributed by atoms with Gasteiger partial charge in [0.2, 0.25) is 11.8 Å². The van der Waals surface area contributed by atoms with E-state index < -0.39 is 6.04 Å². The van der Waals surface area contributed by atoms with Gasteiger partial charge in [-0.1, -0.05) is 32.4 Å². The molecule has 0 saturated carbocycles. The molecule has 20 heavy (non-hydrogen) atoms. The highest BCUT2D eigenvalue weighted by Crippen LogP contribution is 2.12. The van der Waals surface area contributed by atoms with Crippen LogP contribution in [-0.4, -0.2) is 24.9 Å². The lowest BCUT2D eigenvalue weighted by Gasteiger charge is -2.17. The number of hydrogen-bond acceptors (Lipinski definition) is 3. The Morgan fingerprint density at radius 3 is 2.35 bits per heavy atom. The number of carbonyl (C=O) groups excluding carboxylic acids is 2. The summed E-state index contributed by atoms with van der Waals surface area (Å²) in [5.41, 5.74) is 7.45. The predicted molar refractivity (Wildman–Crippen MR) is 80.3 cm³/mol. The van der Waals surface area contributed by atoms with Gasteiger partial charge < -0.3 is 16.4 Å². The highest BCUT2D eigenvalue weighted by atomic mass is 16.2. The van der Waals surface area contributed by atoms with Crippen molar-refractivity contribution in [2.75, 3.05) is 12.4 Å². The monoisotopic (exact) mass is 277 g/mol. The third-order valence-electron chi connectivity index (χ3n) is 3.42. The van der Waals surface area contributed by atoms with Crippen LogP contribution in [0.3, 0.4) is 0 Å². The maximum Gasteiger partial charge on any atom is 0.241 e. The van der Waals surface area contributed by atoms with E-state index in [2.05, 4.69) is 10.6 Å². The van der Waals surface area contributed by atoms with Gasteiger partial charge in [0.25, 0.3) is 0 Å². The van der Waals surface area contributed by atoms with E-state index in [-0.39, 0.29) is 17.7 Å². The maximum atomic E-state index is 11.9. The minimum atomic E-state index is -0.509. The van der Waals surface area contributed by atoms with E-state index in [1.807, 2.05) is 26.0 Å². The van der Waals surface area contributed by atoms with Crippen molar-refractivity contribution in [3.05, 3.63) is 29.8 Å². The number of benzene rings is 1. The molecule has 0 spiro atoms. The zero-order chi connectivity index (χ0) is 15.1. The van der Waals surface area contributed by atoms with Gasteiger partial charge in [-0.3, -0.25) is 9.59 Å². The van der Waals surface area contributed by atoms with E-state index in [0.717, 1.165) is 12.0 Å². The molecule has 0 aromatic heterocycles. The van der Waals surface area contributed by atoms with Crippen LogP contribution in [0.5, 0.6) is 0 Å². The van der Waals surface area contributed by atoms with Gasteiger partial charge in [-0.05, 0) is 23.6 Å². The largest absolute Gasteiger partial charge is 0.359 e. The average Bonchev–Trinajstić information content (AvgIpc) is 2.47. The number of nitrogens with two attached hydrogens (primary N) is 1. The molecule has 5 nitrogen and oxygen atoms in total. The number of amides is 2. The van der Waals surface area contributed by atoms with Crippen LogP contribution >= 0.6 is 0 Å². The Morgan fingerprint density at radius 1 is 1.25 bits per heavy atom. The van der Waals surface area contributed by atoms with Crippen molar-refractivity contribution in [2.45, 2.75) is 32.7 Å². The fourth-order valence-electron chi connectivity index (χ4n) is 1.72. The zero-order valence-electron chi connectivity index (χ0n) is 12.3. The molecule has 0 aliphatic carbocycles. The molecule has 110 valence electrons. The molecule has 2 atom stereocenters. The van der Waals surface area contributed by atoms with E-state index in [1.165, 1.54) is 0 Å². The molecule has 0 saturated heterocycles. The molecule has 0 bridgehead atoms. The topological polar surface area (TPSA) is 84.2 Å². The number of likely N-dealkylation sites (N-methyl/N-ethyl adjacent to an activating group) is 1. The summed E-state index contributed by atoms with van der Waals surface area (Å²) in [6.45, 7) is 3.96. The SMILES string of the molecule is CC[C@H](C)[C@H](N)C(=O)Nc1ccc(CC(=O)NC)cc1. The van der Waals surface area contributed by atoms with Crippen LogP contribution in [0.15, 0.2) is 24.3 Å². The summed E-state index contributed by atoms with van der Waals surface area (Å²) >= 11 is 0. The van der Waals surface area contributed by atoms with Crippen molar-refractivity contribution >= 4 is 17.5 Å². The highest BCUT2D eigenvalue weighted by molar-refractivity contribution is 5.94. The lowest BCUT2D eigenvalue weighted by Crippen LogP contribution is -2.40. The van der Waals surface area contributed by atoms with Gasteiger partial charge in [0, 0.05) is 12.7 Å². The Kier molecular flexibility index (Phi) is 6.18. The minimum absolute atomic E-state index is 0.0411. The molecular weight excluding hydrogens is 254 g/mol. The lowest BCUT2D eigenvalue weighted by atomic mass is 9.99. The van der Waals surface area contributed by atoms with Crippen LogP contribution in [0, 0.1) is 5.92 Å². The van der Waals surface area contributed by atoms with E-state index >= 15 is 0 Å². The van der Waals surface area contributed by atoms with Crippen LogP contribution in [0.1, 0.15) is 25.8 Å². The summed E-state index contributed by atoms with van der Waals surface area (Å²) in [6, 6.07) is 6.68. The van der Waals surface area contributed by atoms with E-state index in [9.17, 15) is 9.59 Å². The van der Waals surface area contributed by atoms with Gasteiger partial charge in [-0.25, -0.2) is 0 Å². The van der Waals surface area contributed by atoms with E-state index in [1.54, 1.807) is 19.2 Å². The first-order valence-electron chi connectivity index (χ1n) is 6.83. The van der Waals surface area contributed by atoms with Gasteiger partial charge in [0.15, 0.2) is 0 Å². The Bertz CT molecular complexity index is 457. The van der Waals surface area contributed by atoms with Crippen molar-refractivity contribution in [3.63, 3.8) is 0 Å². The summed E-state index contributed by atoms with van der Waals surface area (Å²) in [7, 11) is 1.60. The smallest absolute Gasteiger partial charge is 0.241 e. The fraction of sp³-hybridized carbons (Fsp3) is 0.467. The second kappa shape index (κ2) is 7.65. The Labute approximate surface area is 119 Å². The molecule has 0 heterocycles. The van der Waals surface area contributed by atoms with Crippen LogP contribution < -0.4 is 16.4 Å². The second-order valence-electron chi connectivity index (χ2n) is 4.95. The molecule has 5 heteroatoms. The molecule has 1 aromatic carbocycles. The van der Waals surface area contributed by atoms with Gasteiger partial charge >= 0.3 is 0 Å². The third-order valence-corrected chi connectivity index (χ3v) is 3.42. The van der Waals surface area contributed by atoms with Crippen LogP contribution in [0.4, 0.5) is 5.69 Å². The van der Waals surface area contributed by atoms with Crippen LogP contribution in [-0.2, 0) is 16.0 Å². The first kappa shape index (κ1) is 16.2. The standard InChI is InChI=1S/C15H23N3O2/c1-4-10(2)14(16)15(20)18-12-7-5-11(6-8-12)9-13(19)17-3/h5-8,10,14H,4,9,16H2,1-3H3,(H,17,19)(H,18,20)/t10-,14-/m0/s1. The third kappa shape index (κ3) is 4.66. The van der Waals surface area contributed by atoms with Gasteiger partial charge in [-0.15, -0.1) is 0 Å². The van der Waals surface area contributed by atoms with Crippen molar-refractivity contribution in [1.29, 1.82) is 0 Å². The summed E-state index contributed by atoms with van der Waals surface area (Å²) in [5, 5.41) is 5.36. The Morgan fingerprint density at radius 2 is 1.85 bits per heavy atom. The van der Waals surface area contributed by atoms with Gasteiger partial charge in [0.05, 0.1) is 12.5 Å². The van der Waals surface area contributed by atoms with Gasteiger partial charge in [0.1, 0.15) is 0 Å². The molecule has 0 aliphatic rings. The van der Waals surface area contributed by atoms with Crippen molar-refractivity contribution in [1.82, 2.24) is 5.32 Å². The molecule has 0 radical (unpaired) electrons. The van der Waals surface area contributed by atoms with Crippen molar-refractivity contribution in [2.24, 2.45) is 11.7 Å². The maximum absolute atomic E-state index is 11.9. The van der Waals surface area contributed by atoms with Crippen molar-refractivity contribution in [3.8, 4) is 0 Å². The quantitative estimate of drug-likeness (QED) is 0.732. The molecule has 1 rings (SSSR count). The number of carbonyl (C=O) groups is 2. The summed E-state index contributed by atoms with van der Waals surface area (Å²) in [5.74, 6) is -0.0819.